The summed E-state index contributed by atoms with van der Waals surface area (Å²) in [4.78, 5) is 11.9. The zero-order chi connectivity index (χ0) is 16.5. The first-order valence-corrected chi connectivity index (χ1v) is 7.73. The Morgan fingerprint density at radius 1 is 1.13 bits per heavy atom. The normalized spacial score (nSPS) is 10.3. The molecule has 0 saturated carbocycles. The van der Waals surface area contributed by atoms with Crippen LogP contribution in [0.3, 0.4) is 0 Å². The minimum atomic E-state index is 0.0548. The maximum Gasteiger partial charge on any atom is 0.220 e. The topological polar surface area (TPSA) is 60.7 Å². The van der Waals surface area contributed by atoms with Gasteiger partial charge in [0.25, 0.3) is 0 Å². The second-order valence-corrected chi connectivity index (χ2v) is 5.22. The van der Waals surface area contributed by atoms with Crippen LogP contribution in [0.15, 0.2) is 41.0 Å². The largest absolute Gasteiger partial charge is 0.493 e. The molecule has 124 valence electrons. The summed E-state index contributed by atoms with van der Waals surface area (Å²) < 4.78 is 15.7. The Labute approximate surface area is 136 Å². The van der Waals surface area contributed by atoms with Gasteiger partial charge in [0.2, 0.25) is 5.91 Å². The molecule has 0 atom stereocenters. The molecule has 0 saturated heterocycles. The third-order valence-electron chi connectivity index (χ3n) is 3.59. The van der Waals surface area contributed by atoms with E-state index >= 15 is 0 Å². The van der Waals surface area contributed by atoms with E-state index in [0.29, 0.717) is 30.9 Å². The second kappa shape index (κ2) is 8.88. The van der Waals surface area contributed by atoms with Gasteiger partial charge in [-0.1, -0.05) is 6.07 Å². The molecule has 1 aromatic heterocycles. The summed E-state index contributed by atoms with van der Waals surface area (Å²) in [6, 6.07) is 9.53. The molecular formula is C18H23NO4. The molecule has 1 aromatic carbocycles. The van der Waals surface area contributed by atoms with Crippen molar-refractivity contribution < 1.29 is 18.7 Å². The Balaban J connectivity index is 1.69. The van der Waals surface area contributed by atoms with E-state index in [1.165, 1.54) is 0 Å². The van der Waals surface area contributed by atoms with Crippen molar-refractivity contribution >= 4 is 5.91 Å². The van der Waals surface area contributed by atoms with Gasteiger partial charge in [-0.15, -0.1) is 0 Å². The highest BCUT2D eigenvalue weighted by Crippen LogP contribution is 2.27. The molecule has 23 heavy (non-hydrogen) atoms. The Hall–Kier alpha value is -2.43. The van der Waals surface area contributed by atoms with Gasteiger partial charge in [-0.05, 0) is 42.7 Å². The number of rotatable bonds is 9. The number of methoxy groups -OCH3 is 2. The number of hydrogen-bond acceptors (Lipinski definition) is 4. The van der Waals surface area contributed by atoms with E-state index in [4.69, 9.17) is 13.9 Å². The molecule has 2 aromatic rings. The number of aryl methyl sites for hydroxylation is 2. The Kier molecular flexibility index (Phi) is 6.54. The average Bonchev–Trinajstić information content (AvgIpc) is 3.10. The maximum atomic E-state index is 11.9. The number of carbonyl (C=O) groups excluding carboxylic acids is 1. The molecule has 0 spiro atoms. The lowest BCUT2D eigenvalue weighted by molar-refractivity contribution is -0.121. The summed E-state index contributed by atoms with van der Waals surface area (Å²) in [7, 11) is 3.21. The quantitative estimate of drug-likeness (QED) is 0.722. The van der Waals surface area contributed by atoms with Crippen LogP contribution in [0, 0.1) is 0 Å². The monoisotopic (exact) mass is 317 g/mol. The highest BCUT2D eigenvalue weighted by molar-refractivity contribution is 5.76. The van der Waals surface area contributed by atoms with Crippen molar-refractivity contribution in [3.05, 3.63) is 47.9 Å². The summed E-state index contributed by atoms with van der Waals surface area (Å²) in [5, 5.41) is 2.93. The molecule has 0 aliphatic heterocycles. The van der Waals surface area contributed by atoms with Crippen molar-refractivity contribution in [1.82, 2.24) is 5.32 Å². The number of carbonyl (C=O) groups is 1. The fourth-order valence-corrected chi connectivity index (χ4v) is 2.33. The van der Waals surface area contributed by atoms with Crippen molar-refractivity contribution in [1.29, 1.82) is 0 Å². The molecular weight excluding hydrogens is 294 g/mol. The van der Waals surface area contributed by atoms with E-state index in [9.17, 15) is 4.79 Å². The minimum Gasteiger partial charge on any atom is -0.493 e. The van der Waals surface area contributed by atoms with Gasteiger partial charge >= 0.3 is 0 Å². The fourth-order valence-electron chi connectivity index (χ4n) is 2.33. The lowest BCUT2D eigenvalue weighted by Gasteiger charge is -2.09. The SMILES string of the molecule is COc1ccc(CCC(=O)NCCCc2ccco2)cc1OC. The predicted molar refractivity (Wildman–Crippen MR) is 87.9 cm³/mol. The van der Waals surface area contributed by atoms with Crippen molar-refractivity contribution in [3.8, 4) is 11.5 Å². The van der Waals surface area contributed by atoms with Gasteiger partial charge in [0, 0.05) is 19.4 Å². The lowest BCUT2D eigenvalue weighted by atomic mass is 10.1. The molecule has 0 aliphatic rings. The third-order valence-corrected chi connectivity index (χ3v) is 3.59. The maximum absolute atomic E-state index is 11.9. The zero-order valence-corrected chi connectivity index (χ0v) is 13.6. The summed E-state index contributed by atoms with van der Waals surface area (Å²) in [6.45, 7) is 0.658. The van der Waals surface area contributed by atoms with Crippen molar-refractivity contribution in [2.75, 3.05) is 20.8 Å². The van der Waals surface area contributed by atoms with E-state index in [-0.39, 0.29) is 5.91 Å². The van der Waals surface area contributed by atoms with E-state index in [1.807, 2.05) is 30.3 Å². The first kappa shape index (κ1) is 16.9. The summed E-state index contributed by atoms with van der Waals surface area (Å²) in [5.74, 6) is 2.38. The number of ether oxygens (including phenoxy) is 2. The van der Waals surface area contributed by atoms with Gasteiger partial charge in [0.1, 0.15) is 5.76 Å². The molecule has 1 N–H and O–H groups in total. The van der Waals surface area contributed by atoms with E-state index in [1.54, 1.807) is 20.5 Å². The molecule has 5 nitrogen and oxygen atoms in total. The summed E-state index contributed by atoms with van der Waals surface area (Å²) in [5.41, 5.74) is 1.05. The van der Waals surface area contributed by atoms with Crippen LogP contribution in [0.4, 0.5) is 0 Å². The molecule has 0 fully saturated rings. The summed E-state index contributed by atoms with van der Waals surface area (Å²) in [6.07, 6.45) is 4.50. The van der Waals surface area contributed by atoms with Gasteiger partial charge in [-0.3, -0.25) is 4.79 Å². The Morgan fingerprint density at radius 3 is 2.65 bits per heavy atom. The van der Waals surface area contributed by atoms with Crippen LogP contribution in [0.25, 0.3) is 0 Å². The number of furan rings is 1. The first-order chi connectivity index (χ1) is 11.2. The number of hydrogen-bond donors (Lipinski definition) is 1. The molecule has 1 heterocycles. The third kappa shape index (κ3) is 5.36. The van der Waals surface area contributed by atoms with Crippen LogP contribution >= 0.6 is 0 Å². The lowest BCUT2D eigenvalue weighted by Crippen LogP contribution is -2.24. The molecule has 0 aliphatic carbocycles. The molecule has 1 amide bonds. The van der Waals surface area contributed by atoms with Gasteiger partial charge in [0.15, 0.2) is 11.5 Å². The van der Waals surface area contributed by atoms with Gasteiger partial charge in [-0.2, -0.15) is 0 Å². The van der Waals surface area contributed by atoms with Gasteiger partial charge in [0.05, 0.1) is 20.5 Å². The number of benzene rings is 1. The smallest absolute Gasteiger partial charge is 0.220 e. The highest BCUT2D eigenvalue weighted by Gasteiger charge is 2.07. The van der Waals surface area contributed by atoms with E-state index in [0.717, 1.165) is 24.2 Å². The van der Waals surface area contributed by atoms with E-state index in [2.05, 4.69) is 5.32 Å². The molecule has 0 radical (unpaired) electrons. The second-order valence-electron chi connectivity index (χ2n) is 5.22. The van der Waals surface area contributed by atoms with Crippen LogP contribution in [0.5, 0.6) is 11.5 Å². The van der Waals surface area contributed by atoms with Crippen molar-refractivity contribution in [2.45, 2.75) is 25.7 Å². The van der Waals surface area contributed by atoms with Crippen LogP contribution in [0.2, 0.25) is 0 Å². The van der Waals surface area contributed by atoms with Gasteiger partial charge < -0.3 is 19.2 Å². The average molecular weight is 317 g/mol. The van der Waals surface area contributed by atoms with Crippen LogP contribution < -0.4 is 14.8 Å². The molecule has 0 unspecified atom stereocenters. The minimum absolute atomic E-state index is 0.0548. The van der Waals surface area contributed by atoms with E-state index < -0.39 is 0 Å². The number of nitrogens with one attached hydrogen (secondary N) is 1. The fraction of sp³-hybridized carbons (Fsp3) is 0.389. The zero-order valence-electron chi connectivity index (χ0n) is 13.6. The standard InChI is InChI=1S/C18H23NO4/c1-21-16-9-7-14(13-17(16)22-2)8-10-18(20)19-11-3-5-15-6-4-12-23-15/h4,6-7,9,12-13H,3,5,8,10-11H2,1-2H3,(H,19,20). The molecule has 0 bridgehead atoms. The van der Waals surface area contributed by atoms with Crippen LogP contribution in [0.1, 0.15) is 24.2 Å². The molecule has 2 rings (SSSR count). The first-order valence-electron chi connectivity index (χ1n) is 7.73. The van der Waals surface area contributed by atoms with Crippen molar-refractivity contribution in [2.24, 2.45) is 0 Å². The van der Waals surface area contributed by atoms with Crippen molar-refractivity contribution in [3.63, 3.8) is 0 Å². The van der Waals surface area contributed by atoms with Gasteiger partial charge in [-0.25, -0.2) is 0 Å². The van der Waals surface area contributed by atoms with Crippen LogP contribution in [-0.2, 0) is 17.6 Å². The van der Waals surface area contributed by atoms with Crippen LogP contribution in [-0.4, -0.2) is 26.7 Å². The Morgan fingerprint density at radius 2 is 1.96 bits per heavy atom. The number of amides is 1. The summed E-state index contributed by atoms with van der Waals surface area (Å²) >= 11 is 0. The predicted octanol–water partition coefficient (Wildman–Crippen LogP) is 2.98. The molecule has 5 heteroatoms. The Bertz CT molecular complexity index is 607. The highest BCUT2D eigenvalue weighted by atomic mass is 16.5.